The van der Waals surface area contributed by atoms with Crippen LogP contribution in [0.2, 0.25) is 0 Å². The number of amides is 1. The van der Waals surface area contributed by atoms with Gasteiger partial charge in [-0.05, 0) is 31.2 Å². The maximum atomic E-state index is 12.5. The lowest BCUT2D eigenvalue weighted by Gasteiger charge is -2.32. The number of piperidine rings is 1. The number of carbonyl (C=O) groups excluding carboxylic acids is 1. The highest BCUT2D eigenvalue weighted by Gasteiger charge is 2.27. The SMILES string of the molecule is CC1CCN(c2nc3c(c(=O)[nH]2)CCN(C(=O)c2ccn[nH]2)C3)CC1. The number of aromatic nitrogens is 4. The monoisotopic (exact) mass is 342 g/mol. The van der Waals surface area contributed by atoms with Crippen molar-refractivity contribution in [1.82, 2.24) is 25.1 Å². The molecule has 8 heteroatoms. The number of hydrogen-bond acceptors (Lipinski definition) is 5. The minimum Gasteiger partial charge on any atom is -0.342 e. The third-order valence-electron chi connectivity index (χ3n) is 5.16. The fourth-order valence-corrected chi connectivity index (χ4v) is 3.52. The molecule has 4 heterocycles. The molecule has 25 heavy (non-hydrogen) atoms. The van der Waals surface area contributed by atoms with E-state index in [9.17, 15) is 9.59 Å². The Labute approximate surface area is 145 Å². The van der Waals surface area contributed by atoms with Crippen LogP contribution in [-0.2, 0) is 13.0 Å². The van der Waals surface area contributed by atoms with Crippen LogP contribution in [0.25, 0.3) is 0 Å². The first kappa shape index (κ1) is 15.9. The summed E-state index contributed by atoms with van der Waals surface area (Å²) < 4.78 is 0. The molecule has 2 aromatic heterocycles. The average Bonchev–Trinajstić information content (AvgIpc) is 3.16. The van der Waals surface area contributed by atoms with E-state index in [0.29, 0.717) is 48.3 Å². The predicted octanol–water partition coefficient (Wildman–Crippen LogP) is 0.928. The standard InChI is InChI=1S/C17H22N6O2/c1-11-3-7-22(8-4-11)17-19-14-10-23(9-5-12(14)15(24)20-17)16(25)13-2-6-18-21-13/h2,6,11H,3-5,7-10H2,1H3,(H,18,21)(H,19,20,24). The fourth-order valence-electron chi connectivity index (χ4n) is 3.52. The number of H-pyrrole nitrogens is 2. The first-order chi connectivity index (χ1) is 12.1. The number of fused-ring (bicyclic) bond motifs is 1. The molecule has 1 saturated heterocycles. The second-order valence-electron chi connectivity index (χ2n) is 6.93. The number of nitrogens with one attached hydrogen (secondary N) is 2. The highest BCUT2D eigenvalue weighted by Crippen LogP contribution is 2.22. The van der Waals surface area contributed by atoms with Crippen molar-refractivity contribution in [2.45, 2.75) is 32.7 Å². The van der Waals surface area contributed by atoms with Crippen molar-refractivity contribution in [2.75, 3.05) is 24.5 Å². The quantitative estimate of drug-likeness (QED) is 0.846. The van der Waals surface area contributed by atoms with Crippen LogP contribution in [0.4, 0.5) is 5.95 Å². The molecule has 4 rings (SSSR count). The Hall–Kier alpha value is -2.64. The van der Waals surface area contributed by atoms with Crippen LogP contribution in [0.5, 0.6) is 0 Å². The van der Waals surface area contributed by atoms with Gasteiger partial charge in [0.25, 0.3) is 11.5 Å². The number of hydrogen-bond donors (Lipinski definition) is 2. The molecule has 2 aromatic rings. The van der Waals surface area contributed by atoms with Gasteiger partial charge in [-0.15, -0.1) is 0 Å². The molecule has 0 spiro atoms. The average molecular weight is 342 g/mol. The zero-order valence-electron chi connectivity index (χ0n) is 14.3. The molecule has 0 aliphatic carbocycles. The summed E-state index contributed by atoms with van der Waals surface area (Å²) in [6.45, 7) is 4.92. The van der Waals surface area contributed by atoms with E-state index in [2.05, 4.69) is 32.0 Å². The molecule has 8 nitrogen and oxygen atoms in total. The van der Waals surface area contributed by atoms with E-state index in [4.69, 9.17) is 0 Å². The second-order valence-corrected chi connectivity index (χ2v) is 6.93. The largest absolute Gasteiger partial charge is 0.342 e. The Morgan fingerprint density at radius 2 is 2.08 bits per heavy atom. The van der Waals surface area contributed by atoms with Crippen molar-refractivity contribution in [3.05, 3.63) is 39.6 Å². The highest BCUT2D eigenvalue weighted by atomic mass is 16.2. The Kier molecular flexibility index (Phi) is 4.03. The molecular weight excluding hydrogens is 320 g/mol. The van der Waals surface area contributed by atoms with E-state index in [0.717, 1.165) is 25.9 Å². The van der Waals surface area contributed by atoms with Crippen LogP contribution < -0.4 is 10.5 Å². The van der Waals surface area contributed by atoms with Crippen LogP contribution in [0, 0.1) is 5.92 Å². The van der Waals surface area contributed by atoms with Gasteiger partial charge >= 0.3 is 0 Å². The van der Waals surface area contributed by atoms with Gasteiger partial charge in [0.05, 0.1) is 12.2 Å². The van der Waals surface area contributed by atoms with E-state index < -0.39 is 0 Å². The van der Waals surface area contributed by atoms with E-state index >= 15 is 0 Å². The predicted molar refractivity (Wildman–Crippen MR) is 92.5 cm³/mol. The van der Waals surface area contributed by atoms with Gasteiger partial charge in [-0.25, -0.2) is 4.98 Å². The van der Waals surface area contributed by atoms with Gasteiger partial charge in [-0.3, -0.25) is 19.7 Å². The van der Waals surface area contributed by atoms with Gasteiger partial charge in [0, 0.05) is 31.4 Å². The molecule has 1 fully saturated rings. The number of nitrogens with zero attached hydrogens (tertiary/aromatic N) is 4. The summed E-state index contributed by atoms with van der Waals surface area (Å²) in [6.07, 6.45) is 4.29. The summed E-state index contributed by atoms with van der Waals surface area (Å²) in [4.78, 5) is 36.4. The number of rotatable bonds is 2. The van der Waals surface area contributed by atoms with Crippen LogP contribution in [0.3, 0.4) is 0 Å². The van der Waals surface area contributed by atoms with Crippen molar-refractivity contribution in [3.63, 3.8) is 0 Å². The summed E-state index contributed by atoms with van der Waals surface area (Å²) in [5.41, 5.74) is 1.78. The summed E-state index contributed by atoms with van der Waals surface area (Å²) in [7, 11) is 0. The normalized spacial score (nSPS) is 18.3. The van der Waals surface area contributed by atoms with Gasteiger partial charge in [0.1, 0.15) is 5.69 Å². The van der Waals surface area contributed by atoms with Gasteiger partial charge in [-0.1, -0.05) is 6.92 Å². The minimum atomic E-state index is -0.112. The fraction of sp³-hybridized carbons (Fsp3) is 0.529. The van der Waals surface area contributed by atoms with Gasteiger partial charge < -0.3 is 9.80 Å². The van der Waals surface area contributed by atoms with Crippen molar-refractivity contribution in [1.29, 1.82) is 0 Å². The van der Waals surface area contributed by atoms with Gasteiger partial charge in [-0.2, -0.15) is 5.10 Å². The molecule has 0 saturated carbocycles. The third-order valence-corrected chi connectivity index (χ3v) is 5.16. The Balaban J connectivity index is 1.58. The van der Waals surface area contributed by atoms with Crippen LogP contribution in [0.15, 0.2) is 17.1 Å². The first-order valence-electron chi connectivity index (χ1n) is 8.77. The lowest BCUT2D eigenvalue weighted by Crippen LogP contribution is -2.41. The molecule has 0 unspecified atom stereocenters. The number of aromatic amines is 2. The maximum Gasteiger partial charge on any atom is 0.272 e. The molecule has 0 atom stereocenters. The van der Waals surface area contributed by atoms with Gasteiger partial charge in [0.2, 0.25) is 5.95 Å². The maximum absolute atomic E-state index is 12.5. The molecule has 1 amide bonds. The molecule has 0 radical (unpaired) electrons. The van der Waals surface area contributed by atoms with E-state index in [1.807, 2.05) is 0 Å². The van der Waals surface area contributed by atoms with Crippen molar-refractivity contribution >= 4 is 11.9 Å². The van der Waals surface area contributed by atoms with Crippen molar-refractivity contribution < 1.29 is 4.79 Å². The smallest absolute Gasteiger partial charge is 0.272 e. The number of anilines is 1. The second kappa shape index (κ2) is 6.34. The van der Waals surface area contributed by atoms with Crippen LogP contribution in [-0.4, -0.2) is 50.6 Å². The molecule has 2 aliphatic rings. The highest BCUT2D eigenvalue weighted by molar-refractivity contribution is 5.92. The Morgan fingerprint density at radius 1 is 1.28 bits per heavy atom. The molecule has 0 bridgehead atoms. The summed E-state index contributed by atoms with van der Waals surface area (Å²) in [6, 6.07) is 1.66. The van der Waals surface area contributed by atoms with Gasteiger partial charge in [0.15, 0.2) is 0 Å². The first-order valence-corrected chi connectivity index (χ1v) is 8.77. The Morgan fingerprint density at radius 3 is 2.80 bits per heavy atom. The van der Waals surface area contributed by atoms with Crippen molar-refractivity contribution in [2.24, 2.45) is 5.92 Å². The topological polar surface area (TPSA) is 98.0 Å². The molecule has 2 N–H and O–H groups in total. The zero-order chi connectivity index (χ0) is 17.4. The lowest BCUT2D eigenvalue weighted by atomic mass is 9.99. The minimum absolute atomic E-state index is 0.0766. The molecule has 132 valence electrons. The van der Waals surface area contributed by atoms with E-state index in [1.165, 1.54) is 0 Å². The molecule has 2 aliphatic heterocycles. The summed E-state index contributed by atoms with van der Waals surface area (Å²) in [5, 5.41) is 6.53. The van der Waals surface area contributed by atoms with Crippen LogP contribution in [0.1, 0.15) is 41.5 Å². The van der Waals surface area contributed by atoms with Crippen LogP contribution >= 0.6 is 0 Å². The lowest BCUT2D eigenvalue weighted by molar-refractivity contribution is 0.0725. The third kappa shape index (κ3) is 3.04. The number of carbonyl (C=O) groups is 1. The molecular formula is C17H22N6O2. The summed E-state index contributed by atoms with van der Waals surface area (Å²) >= 11 is 0. The van der Waals surface area contributed by atoms with Crippen molar-refractivity contribution in [3.8, 4) is 0 Å². The Bertz CT molecular complexity index is 820. The zero-order valence-corrected chi connectivity index (χ0v) is 14.3. The molecule has 0 aromatic carbocycles. The van der Waals surface area contributed by atoms with E-state index in [1.54, 1.807) is 17.2 Å². The van der Waals surface area contributed by atoms with E-state index in [-0.39, 0.29) is 11.5 Å². The summed E-state index contributed by atoms with van der Waals surface area (Å²) in [5.74, 6) is 1.23.